The van der Waals surface area contributed by atoms with E-state index in [-0.39, 0.29) is 0 Å². The molecule has 76 valence electrons. The normalized spacial score (nSPS) is 20.9. The van der Waals surface area contributed by atoms with E-state index >= 15 is 0 Å². The molecule has 0 unspecified atom stereocenters. The second-order valence-corrected chi connectivity index (χ2v) is 4.28. The smallest absolute Gasteiger partial charge is 0.122 e. The highest BCUT2D eigenvalue weighted by Crippen LogP contribution is 2.41. The van der Waals surface area contributed by atoms with Crippen molar-refractivity contribution in [1.29, 1.82) is 0 Å². The molecule has 3 N–H and O–H groups in total. The summed E-state index contributed by atoms with van der Waals surface area (Å²) >= 11 is 0. The van der Waals surface area contributed by atoms with E-state index in [4.69, 9.17) is 10.2 Å². The minimum atomic E-state index is 0.631. The van der Waals surface area contributed by atoms with Gasteiger partial charge in [-0.3, -0.25) is 0 Å². The Hall–Kier alpha value is -0.800. The first-order valence-electron chi connectivity index (χ1n) is 5.44. The number of nitrogens with one attached hydrogen (secondary N) is 1. The lowest BCUT2D eigenvalue weighted by atomic mass is 9.82. The van der Waals surface area contributed by atoms with E-state index in [1.165, 1.54) is 36.1 Å². The van der Waals surface area contributed by atoms with Crippen molar-refractivity contribution in [2.45, 2.75) is 44.8 Å². The van der Waals surface area contributed by atoms with Crippen LogP contribution in [0.3, 0.4) is 0 Å². The Morgan fingerprint density at radius 3 is 2.86 bits per heavy atom. The molecule has 1 aromatic rings. The van der Waals surface area contributed by atoms with Crippen LogP contribution in [0.2, 0.25) is 0 Å². The largest absolute Gasteiger partial charge is 0.464 e. The van der Waals surface area contributed by atoms with Gasteiger partial charge in [-0.1, -0.05) is 6.42 Å². The average molecular weight is 192 g/mol. The van der Waals surface area contributed by atoms with Crippen molar-refractivity contribution < 1.29 is 4.42 Å². The molecule has 3 heteroatoms. The van der Waals surface area contributed by atoms with Crippen molar-refractivity contribution >= 4 is 0 Å². The summed E-state index contributed by atoms with van der Waals surface area (Å²) in [6.45, 7) is 2.46. The quantitative estimate of drug-likeness (QED) is 0.748. The van der Waals surface area contributed by atoms with Crippen LogP contribution >= 0.6 is 0 Å². The Balaban J connectivity index is 2.02. The summed E-state index contributed by atoms with van der Waals surface area (Å²) in [4.78, 5) is 0. The SMILES string of the molecule is NCc1c(C2CCC2)oc2c1CNC2. The van der Waals surface area contributed by atoms with Gasteiger partial charge in [-0.15, -0.1) is 0 Å². The Morgan fingerprint density at radius 2 is 2.21 bits per heavy atom. The van der Waals surface area contributed by atoms with E-state index in [9.17, 15) is 0 Å². The zero-order valence-electron chi connectivity index (χ0n) is 8.31. The van der Waals surface area contributed by atoms with Gasteiger partial charge in [0.15, 0.2) is 0 Å². The topological polar surface area (TPSA) is 51.2 Å². The molecule has 1 aliphatic carbocycles. The third kappa shape index (κ3) is 1.06. The molecule has 2 aliphatic rings. The molecule has 3 nitrogen and oxygen atoms in total. The molecule has 1 aliphatic heterocycles. The summed E-state index contributed by atoms with van der Waals surface area (Å²) in [5.74, 6) is 3.00. The highest BCUT2D eigenvalue weighted by Gasteiger charge is 2.30. The first-order valence-corrected chi connectivity index (χ1v) is 5.44. The summed E-state index contributed by atoms with van der Waals surface area (Å²) in [6, 6.07) is 0. The fourth-order valence-electron chi connectivity index (χ4n) is 2.45. The third-order valence-corrected chi connectivity index (χ3v) is 3.50. The first-order chi connectivity index (χ1) is 6.90. The molecule has 2 heterocycles. The second-order valence-electron chi connectivity index (χ2n) is 4.28. The fourth-order valence-corrected chi connectivity index (χ4v) is 2.45. The summed E-state index contributed by atoms with van der Waals surface area (Å²) in [5, 5.41) is 3.30. The minimum Gasteiger partial charge on any atom is -0.464 e. The summed E-state index contributed by atoms with van der Waals surface area (Å²) < 4.78 is 5.91. The van der Waals surface area contributed by atoms with Crippen LogP contribution in [-0.2, 0) is 19.6 Å². The lowest BCUT2D eigenvalue weighted by Gasteiger charge is -2.24. The molecular weight excluding hydrogens is 176 g/mol. The summed E-state index contributed by atoms with van der Waals surface area (Å²) in [5.41, 5.74) is 8.43. The van der Waals surface area contributed by atoms with Crippen molar-refractivity contribution in [2.24, 2.45) is 5.73 Å². The van der Waals surface area contributed by atoms with Crippen LogP contribution in [-0.4, -0.2) is 0 Å². The van der Waals surface area contributed by atoms with Crippen LogP contribution in [0.1, 0.15) is 47.8 Å². The van der Waals surface area contributed by atoms with Gasteiger partial charge in [0, 0.05) is 30.1 Å². The van der Waals surface area contributed by atoms with Crippen molar-refractivity contribution in [3.8, 4) is 0 Å². The van der Waals surface area contributed by atoms with Gasteiger partial charge in [0.2, 0.25) is 0 Å². The lowest BCUT2D eigenvalue weighted by Crippen LogP contribution is -2.13. The van der Waals surface area contributed by atoms with Crippen LogP contribution in [0, 0.1) is 0 Å². The Bertz CT molecular complexity index is 352. The van der Waals surface area contributed by atoms with Gasteiger partial charge in [-0.25, -0.2) is 0 Å². The molecule has 1 saturated carbocycles. The molecular formula is C11H16N2O. The van der Waals surface area contributed by atoms with Crippen molar-refractivity contribution in [3.05, 3.63) is 22.6 Å². The predicted molar refractivity (Wildman–Crippen MR) is 53.7 cm³/mol. The standard InChI is InChI=1S/C11H16N2O/c12-4-8-9-5-13-6-10(9)14-11(8)7-2-1-3-7/h7,13H,1-6,12H2. The maximum absolute atomic E-state index is 5.91. The van der Waals surface area contributed by atoms with Gasteiger partial charge < -0.3 is 15.5 Å². The predicted octanol–water partition coefficient (Wildman–Crippen LogP) is 1.61. The number of fused-ring (bicyclic) bond motifs is 1. The van der Waals surface area contributed by atoms with E-state index in [2.05, 4.69) is 5.32 Å². The van der Waals surface area contributed by atoms with Crippen molar-refractivity contribution in [3.63, 3.8) is 0 Å². The summed E-state index contributed by atoms with van der Waals surface area (Å²) in [7, 11) is 0. The maximum atomic E-state index is 5.91. The molecule has 1 aromatic heterocycles. The fraction of sp³-hybridized carbons (Fsp3) is 0.636. The lowest BCUT2D eigenvalue weighted by molar-refractivity contribution is 0.332. The van der Waals surface area contributed by atoms with Crippen LogP contribution < -0.4 is 11.1 Å². The van der Waals surface area contributed by atoms with Gasteiger partial charge in [0.25, 0.3) is 0 Å². The highest BCUT2D eigenvalue weighted by molar-refractivity contribution is 5.38. The van der Waals surface area contributed by atoms with Gasteiger partial charge in [0.05, 0.1) is 6.54 Å². The van der Waals surface area contributed by atoms with Gasteiger partial charge in [0.1, 0.15) is 11.5 Å². The molecule has 14 heavy (non-hydrogen) atoms. The zero-order valence-corrected chi connectivity index (χ0v) is 8.31. The first kappa shape index (κ1) is 8.50. The molecule has 0 bridgehead atoms. The Morgan fingerprint density at radius 1 is 1.36 bits per heavy atom. The minimum absolute atomic E-state index is 0.631. The number of rotatable bonds is 2. The van der Waals surface area contributed by atoms with E-state index in [1.807, 2.05) is 0 Å². The molecule has 0 amide bonds. The highest BCUT2D eigenvalue weighted by atomic mass is 16.3. The van der Waals surface area contributed by atoms with Crippen molar-refractivity contribution in [2.75, 3.05) is 0 Å². The van der Waals surface area contributed by atoms with Gasteiger partial charge >= 0.3 is 0 Å². The molecule has 0 atom stereocenters. The Labute approximate surface area is 83.7 Å². The molecule has 3 rings (SSSR count). The number of furan rings is 1. The summed E-state index contributed by atoms with van der Waals surface area (Å²) in [6.07, 6.45) is 3.91. The van der Waals surface area contributed by atoms with Crippen LogP contribution in [0.5, 0.6) is 0 Å². The molecule has 0 spiro atoms. The number of nitrogens with two attached hydrogens (primary N) is 1. The monoisotopic (exact) mass is 192 g/mol. The van der Waals surface area contributed by atoms with E-state index in [1.54, 1.807) is 0 Å². The van der Waals surface area contributed by atoms with Crippen LogP contribution in [0.25, 0.3) is 0 Å². The third-order valence-electron chi connectivity index (χ3n) is 3.50. The number of hydrogen-bond donors (Lipinski definition) is 2. The van der Waals surface area contributed by atoms with E-state index in [0.717, 1.165) is 18.8 Å². The molecule has 0 radical (unpaired) electrons. The second kappa shape index (κ2) is 3.11. The zero-order chi connectivity index (χ0) is 9.54. The molecule has 0 saturated heterocycles. The average Bonchev–Trinajstić information content (AvgIpc) is 2.60. The van der Waals surface area contributed by atoms with Crippen LogP contribution in [0.4, 0.5) is 0 Å². The van der Waals surface area contributed by atoms with Crippen LogP contribution in [0.15, 0.2) is 4.42 Å². The van der Waals surface area contributed by atoms with E-state index < -0.39 is 0 Å². The Kier molecular flexibility index (Phi) is 1.89. The van der Waals surface area contributed by atoms with Crippen molar-refractivity contribution in [1.82, 2.24) is 5.32 Å². The van der Waals surface area contributed by atoms with Gasteiger partial charge in [-0.05, 0) is 12.8 Å². The van der Waals surface area contributed by atoms with E-state index in [0.29, 0.717) is 12.5 Å². The molecule has 0 aromatic carbocycles. The maximum Gasteiger partial charge on any atom is 0.122 e. The molecule has 1 fully saturated rings. The van der Waals surface area contributed by atoms with Gasteiger partial charge in [-0.2, -0.15) is 0 Å². The number of hydrogen-bond acceptors (Lipinski definition) is 3.